The van der Waals surface area contributed by atoms with Crippen LogP contribution in [0.25, 0.3) is 0 Å². The number of piperidine rings is 1. The van der Waals surface area contributed by atoms with Crippen LogP contribution in [-0.2, 0) is 27.5 Å². The molecule has 2 aliphatic heterocycles. The Balaban J connectivity index is 1.64. The highest BCUT2D eigenvalue weighted by Crippen LogP contribution is 2.37. The first-order valence-electron chi connectivity index (χ1n) is 9.47. The zero-order valence-corrected chi connectivity index (χ0v) is 16.0. The Morgan fingerprint density at radius 1 is 1.37 bits per heavy atom. The topological polar surface area (TPSA) is 88.1 Å². The molecule has 7 heteroatoms. The third-order valence-corrected chi connectivity index (χ3v) is 5.70. The van der Waals surface area contributed by atoms with Gasteiger partial charge < -0.3 is 19.9 Å². The molecule has 0 bridgehead atoms. The van der Waals surface area contributed by atoms with Crippen LogP contribution in [0.15, 0.2) is 18.2 Å². The first-order valence-corrected chi connectivity index (χ1v) is 9.47. The molecule has 2 fully saturated rings. The minimum Gasteiger partial charge on any atom is -0.496 e. The summed E-state index contributed by atoms with van der Waals surface area (Å²) in [7, 11) is 1.66. The number of hydrogen-bond donors (Lipinski definition) is 2. The second kappa shape index (κ2) is 8.27. The fourth-order valence-electron chi connectivity index (χ4n) is 4.22. The number of rotatable bonds is 7. The number of nitrogens with one attached hydrogen (secondary N) is 1. The molecule has 0 saturated carbocycles. The van der Waals surface area contributed by atoms with Gasteiger partial charge in [-0.3, -0.25) is 14.5 Å². The van der Waals surface area contributed by atoms with E-state index in [1.54, 1.807) is 7.11 Å². The second-order valence-corrected chi connectivity index (χ2v) is 7.36. The highest BCUT2D eigenvalue weighted by atomic mass is 16.5. The maximum Gasteiger partial charge on any atom is 0.309 e. The molecule has 2 aliphatic rings. The molecule has 1 spiro atoms. The predicted octanol–water partition coefficient (Wildman–Crippen LogP) is 1.79. The van der Waals surface area contributed by atoms with E-state index < -0.39 is 17.4 Å². The minimum atomic E-state index is -0.877. The summed E-state index contributed by atoms with van der Waals surface area (Å²) in [5.41, 5.74) is 1.62. The highest BCUT2D eigenvalue weighted by Gasteiger charge is 2.51. The summed E-state index contributed by atoms with van der Waals surface area (Å²) in [5.74, 6) is -0.821. The van der Waals surface area contributed by atoms with Crippen molar-refractivity contribution in [2.24, 2.45) is 5.92 Å². The van der Waals surface area contributed by atoms with Gasteiger partial charge in [-0.15, -0.1) is 0 Å². The van der Waals surface area contributed by atoms with E-state index in [0.29, 0.717) is 26.1 Å². The molecule has 7 nitrogen and oxygen atoms in total. The number of amides is 1. The Kier molecular flexibility index (Phi) is 6.01. The van der Waals surface area contributed by atoms with E-state index in [9.17, 15) is 14.7 Å². The van der Waals surface area contributed by atoms with Crippen LogP contribution < -0.4 is 10.1 Å². The molecule has 1 aromatic carbocycles. The molecule has 2 saturated heterocycles. The Morgan fingerprint density at radius 3 is 2.74 bits per heavy atom. The smallest absolute Gasteiger partial charge is 0.309 e. The number of likely N-dealkylation sites (tertiary alicyclic amines) is 1. The molecular formula is C20H28N2O5. The van der Waals surface area contributed by atoms with Gasteiger partial charge in [0, 0.05) is 38.2 Å². The summed E-state index contributed by atoms with van der Waals surface area (Å²) in [5, 5.41) is 12.4. The van der Waals surface area contributed by atoms with Gasteiger partial charge in [0.2, 0.25) is 5.91 Å². The number of carboxylic acid groups (broad SMARTS) is 1. The first kappa shape index (κ1) is 19.6. The molecular weight excluding hydrogens is 348 g/mol. The van der Waals surface area contributed by atoms with Crippen molar-refractivity contribution in [3.8, 4) is 5.75 Å². The molecule has 148 valence electrons. The Bertz CT molecular complexity index is 698. The van der Waals surface area contributed by atoms with E-state index in [4.69, 9.17) is 9.47 Å². The van der Waals surface area contributed by atoms with Crippen molar-refractivity contribution in [1.29, 1.82) is 0 Å². The van der Waals surface area contributed by atoms with Crippen LogP contribution in [0.1, 0.15) is 37.3 Å². The van der Waals surface area contributed by atoms with Crippen molar-refractivity contribution in [3.63, 3.8) is 0 Å². The lowest BCUT2D eigenvalue weighted by Crippen LogP contribution is -2.55. The van der Waals surface area contributed by atoms with Crippen LogP contribution in [0.4, 0.5) is 0 Å². The third-order valence-electron chi connectivity index (χ3n) is 5.70. The van der Waals surface area contributed by atoms with Gasteiger partial charge >= 0.3 is 5.97 Å². The summed E-state index contributed by atoms with van der Waals surface area (Å²) in [6, 6.07) is 6.12. The normalized spacial score (nSPS) is 22.0. The number of carboxylic acids is 1. The van der Waals surface area contributed by atoms with Crippen LogP contribution >= 0.6 is 0 Å². The van der Waals surface area contributed by atoms with Gasteiger partial charge in [0.25, 0.3) is 0 Å². The second-order valence-electron chi connectivity index (χ2n) is 7.36. The summed E-state index contributed by atoms with van der Waals surface area (Å²) < 4.78 is 10.9. The van der Waals surface area contributed by atoms with Crippen molar-refractivity contribution in [2.45, 2.75) is 44.9 Å². The van der Waals surface area contributed by atoms with Crippen LogP contribution in [0.3, 0.4) is 0 Å². The molecule has 0 aliphatic carbocycles. The fourth-order valence-corrected chi connectivity index (χ4v) is 4.22. The summed E-state index contributed by atoms with van der Waals surface area (Å²) in [6.45, 7) is 5.44. The average Bonchev–Trinajstić information content (AvgIpc) is 2.98. The van der Waals surface area contributed by atoms with E-state index in [-0.39, 0.29) is 12.3 Å². The number of carbonyl (C=O) groups is 2. The van der Waals surface area contributed by atoms with Crippen molar-refractivity contribution in [3.05, 3.63) is 29.3 Å². The lowest BCUT2D eigenvalue weighted by atomic mass is 9.77. The SMILES string of the molecule is CCOCc1cc(CN2CCC3(CC2)NC(=O)CC3C(=O)O)ccc1OC. The van der Waals surface area contributed by atoms with Crippen LogP contribution in [0.5, 0.6) is 5.75 Å². The Labute approximate surface area is 159 Å². The standard InChI is InChI=1S/C20H28N2O5/c1-3-27-13-15-10-14(4-5-17(15)26-2)12-22-8-6-20(7-9-22)16(19(24)25)11-18(23)21-20/h4-5,10,16H,3,6-9,11-13H2,1-2H3,(H,21,23)(H,24,25). The van der Waals surface area contributed by atoms with E-state index in [1.165, 1.54) is 5.56 Å². The average molecular weight is 376 g/mol. The largest absolute Gasteiger partial charge is 0.496 e. The first-order chi connectivity index (χ1) is 13.0. The molecule has 0 radical (unpaired) electrons. The molecule has 1 unspecified atom stereocenters. The van der Waals surface area contributed by atoms with Gasteiger partial charge in [0.05, 0.1) is 25.2 Å². The van der Waals surface area contributed by atoms with Gasteiger partial charge in [-0.25, -0.2) is 0 Å². The zero-order chi connectivity index (χ0) is 19.4. The number of benzene rings is 1. The van der Waals surface area contributed by atoms with Gasteiger partial charge in [-0.2, -0.15) is 0 Å². The number of ether oxygens (including phenoxy) is 2. The zero-order valence-electron chi connectivity index (χ0n) is 16.0. The molecule has 1 amide bonds. The Morgan fingerprint density at radius 2 is 2.11 bits per heavy atom. The van der Waals surface area contributed by atoms with Gasteiger partial charge in [-0.05, 0) is 37.5 Å². The molecule has 1 atom stereocenters. The minimum absolute atomic E-state index is 0.0919. The van der Waals surface area contributed by atoms with Gasteiger partial charge in [0.15, 0.2) is 0 Å². The molecule has 3 rings (SSSR count). The lowest BCUT2D eigenvalue weighted by Gasteiger charge is -2.41. The van der Waals surface area contributed by atoms with E-state index in [2.05, 4.69) is 22.3 Å². The summed E-state index contributed by atoms with van der Waals surface area (Å²) in [6.07, 6.45) is 1.42. The molecule has 2 N–H and O–H groups in total. The number of nitrogens with zero attached hydrogens (tertiary/aromatic N) is 1. The molecule has 0 aromatic heterocycles. The van der Waals surface area contributed by atoms with Crippen molar-refractivity contribution >= 4 is 11.9 Å². The monoisotopic (exact) mass is 376 g/mol. The Hall–Kier alpha value is -2.12. The van der Waals surface area contributed by atoms with E-state index in [1.807, 2.05) is 13.0 Å². The summed E-state index contributed by atoms with van der Waals surface area (Å²) in [4.78, 5) is 25.6. The van der Waals surface area contributed by atoms with Crippen LogP contribution in [-0.4, -0.2) is 54.2 Å². The van der Waals surface area contributed by atoms with E-state index in [0.717, 1.165) is 30.9 Å². The quantitative estimate of drug-likeness (QED) is 0.754. The third kappa shape index (κ3) is 4.25. The number of aliphatic carboxylic acids is 1. The molecule has 27 heavy (non-hydrogen) atoms. The van der Waals surface area contributed by atoms with Crippen molar-refractivity contribution < 1.29 is 24.2 Å². The molecule has 2 heterocycles. The van der Waals surface area contributed by atoms with Gasteiger partial charge in [-0.1, -0.05) is 6.07 Å². The van der Waals surface area contributed by atoms with Crippen molar-refractivity contribution in [2.75, 3.05) is 26.8 Å². The van der Waals surface area contributed by atoms with Gasteiger partial charge in [0.1, 0.15) is 5.75 Å². The lowest BCUT2D eigenvalue weighted by molar-refractivity contribution is -0.144. The van der Waals surface area contributed by atoms with Crippen LogP contribution in [0, 0.1) is 5.92 Å². The highest BCUT2D eigenvalue weighted by molar-refractivity contribution is 5.88. The fraction of sp³-hybridized carbons (Fsp3) is 0.600. The predicted molar refractivity (Wildman–Crippen MR) is 99.5 cm³/mol. The molecule has 1 aromatic rings. The number of carbonyl (C=O) groups excluding carboxylic acids is 1. The van der Waals surface area contributed by atoms with Crippen molar-refractivity contribution in [1.82, 2.24) is 10.2 Å². The van der Waals surface area contributed by atoms with E-state index >= 15 is 0 Å². The number of methoxy groups -OCH3 is 1. The number of hydrogen-bond acceptors (Lipinski definition) is 5. The maximum atomic E-state index is 11.8. The maximum absolute atomic E-state index is 11.8. The van der Waals surface area contributed by atoms with Crippen LogP contribution in [0.2, 0.25) is 0 Å². The summed E-state index contributed by atoms with van der Waals surface area (Å²) >= 11 is 0.